The van der Waals surface area contributed by atoms with Gasteiger partial charge < -0.3 is 9.84 Å². The fourth-order valence-corrected chi connectivity index (χ4v) is 3.14. The van der Waals surface area contributed by atoms with Crippen molar-refractivity contribution in [3.8, 4) is 34.0 Å². The molecule has 164 valence electrons. The van der Waals surface area contributed by atoms with E-state index in [1.54, 1.807) is 0 Å². The van der Waals surface area contributed by atoms with Crippen LogP contribution in [0.5, 0.6) is 11.5 Å². The van der Waals surface area contributed by atoms with Gasteiger partial charge in [0.05, 0.1) is 35.7 Å². The van der Waals surface area contributed by atoms with Crippen LogP contribution in [0.25, 0.3) is 22.5 Å². The average molecular weight is 441 g/mol. The Balaban J connectivity index is 1.69. The van der Waals surface area contributed by atoms with E-state index in [0.717, 1.165) is 17.2 Å². The molecular formula is C24H19N5O4. The summed E-state index contributed by atoms with van der Waals surface area (Å²) in [5.41, 5.74) is 5.59. The molecular weight excluding hydrogens is 422 g/mol. The number of benzene rings is 3. The summed E-state index contributed by atoms with van der Waals surface area (Å²) in [4.78, 5) is 19.6. The molecule has 0 saturated carbocycles. The highest BCUT2D eigenvalue weighted by Crippen LogP contribution is 2.33. The van der Waals surface area contributed by atoms with E-state index in [1.807, 2.05) is 66.7 Å². The summed E-state index contributed by atoms with van der Waals surface area (Å²) in [5, 5.41) is 25.5. The van der Waals surface area contributed by atoms with E-state index >= 15 is 0 Å². The Hall–Kier alpha value is -4.79. The minimum absolute atomic E-state index is 0.107. The molecule has 4 rings (SSSR count). The number of phenols is 1. The van der Waals surface area contributed by atoms with Gasteiger partial charge in [-0.15, -0.1) is 0 Å². The quantitative estimate of drug-likeness (QED) is 0.238. The van der Waals surface area contributed by atoms with Crippen molar-refractivity contribution < 1.29 is 14.8 Å². The molecule has 1 aromatic heterocycles. The number of nitrogens with zero attached hydrogens (tertiary/aromatic N) is 4. The summed E-state index contributed by atoms with van der Waals surface area (Å²) >= 11 is 0. The highest BCUT2D eigenvalue weighted by atomic mass is 16.6. The average Bonchev–Trinajstić information content (AvgIpc) is 2.85. The molecule has 0 spiro atoms. The van der Waals surface area contributed by atoms with Crippen molar-refractivity contribution in [2.75, 3.05) is 12.5 Å². The third-order valence-electron chi connectivity index (χ3n) is 4.76. The molecule has 0 aliphatic heterocycles. The van der Waals surface area contributed by atoms with Crippen molar-refractivity contribution in [1.82, 2.24) is 9.97 Å². The van der Waals surface area contributed by atoms with E-state index in [9.17, 15) is 15.2 Å². The van der Waals surface area contributed by atoms with E-state index in [1.165, 1.54) is 19.4 Å². The number of anilines is 1. The van der Waals surface area contributed by atoms with Crippen molar-refractivity contribution in [1.29, 1.82) is 0 Å². The molecule has 9 nitrogen and oxygen atoms in total. The first-order chi connectivity index (χ1) is 16.0. The molecule has 3 aromatic carbocycles. The van der Waals surface area contributed by atoms with E-state index in [-0.39, 0.29) is 17.3 Å². The number of hydrogen-bond acceptors (Lipinski definition) is 8. The van der Waals surface area contributed by atoms with Crippen LogP contribution in [0, 0.1) is 10.1 Å². The maximum absolute atomic E-state index is 11.2. The Kier molecular flexibility index (Phi) is 6.21. The Morgan fingerprint density at radius 2 is 1.55 bits per heavy atom. The second-order valence-electron chi connectivity index (χ2n) is 6.91. The molecule has 9 heteroatoms. The summed E-state index contributed by atoms with van der Waals surface area (Å²) in [6.07, 6.45) is 1.24. The van der Waals surface area contributed by atoms with Crippen molar-refractivity contribution >= 4 is 17.9 Å². The summed E-state index contributed by atoms with van der Waals surface area (Å²) in [5.74, 6) is -0.0757. The van der Waals surface area contributed by atoms with Crippen molar-refractivity contribution in [2.45, 2.75) is 0 Å². The maximum atomic E-state index is 11.2. The number of ether oxygens (including phenoxy) is 1. The molecule has 0 atom stereocenters. The third-order valence-corrected chi connectivity index (χ3v) is 4.76. The molecule has 33 heavy (non-hydrogen) atoms. The fraction of sp³-hybridized carbons (Fsp3) is 0.0417. The molecule has 4 aromatic rings. The summed E-state index contributed by atoms with van der Waals surface area (Å²) in [6, 6.07) is 23.8. The lowest BCUT2D eigenvalue weighted by Crippen LogP contribution is -2.01. The van der Waals surface area contributed by atoms with Crippen LogP contribution < -0.4 is 10.2 Å². The van der Waals surface area contributed by atoms with Crippen LogP contribution >= 0.6 is 0 Å². The van der Waals surface area contributed by atoms with Gasteiger partial charge in [-0.25, -0.2) is 15.4 Å². The van der Waals surface area contributed by atoms with Crippen LogP contribution in [0.3, 0.4) is 0 Å². The first-order valence-electron chi connectivity index (χ1n) is 9.89. The van der Waals surface area contributed by atoms with E-state index < -0.39 is 16.4 Å². The van der Waals surface area contributed by atoms with Gasteiger partial charge in [-0.1, -0.05) is 60.7 Å². The second-order valence-corrected chi connectivity index (χ2v) is 6.91. The number of hydrazone groups is 1. The second kappa shape index (κ2) is 9.56. The Bertz CT molecular complexity index is 1250. The SMILES string of the molecule is COc1cc(/C=N/Nc2nc(-c3ccccc3)cc(-c3ccccc3)n2)c(O)c([N+](=O)[O-])c1. The number of aromatic nitrogens is 2. The highest BCUT2D eigenvalue weighted by Gasteiger charge is 2.18. The molecule has 0 radical (unpaired) electrons. The maximum Gasteiger partial charge on any atom is 0.315 e. The Labute approximate surface area is 189 Å². The van der Waals surface area contributed by atoms with Crippen LogP contribution in [0.1, 0.15) is 5.56 Å². The van der Waals surface area contributed by atoms with Gasteiger partial charge in [-0.3, -0.25) is 10.1 Å². The zero-order valence-corrected chi connectivity index (χ0v) is 17.5. The minimum Gasteiger partial charge on any atom is -0.502 e. The number of phenolic OH excluding ortho intramolecular Hbond substituents is 1. The molecule has 0 amide bonds. The lowest BCUT2D eigenvalue weighted by molar-refractivity contribution is -0.385. The molecule has 0 bridgehead atoms. The summed E-state index contributed by atoms with van der Waals surface area (Å²) < 4.78 is 5.07. The van der Waals surface area contributed by atoms with Gasteiger partial charge in [-0.05, 0) is 12.1 Å². The van der Waals surface area contributed by atoms with Crippen LogP contribution in [0.15, 0.2) is 84.0 Å². The number of nitro benzene ring substituents is 1. The third kappa shape index (κ3) is 4.93. The Morgan fingerprint density at radius 3 is 2.06 bits per heavy atom. The molecule has 0 aliphatic rings. The molecule has 0 saturated heterocycles. The van der Waals surface area contributed by atoms with Crippen LogP contribution in [0.4, 0.5) is 11.6 Å². The number of methoxy groups -OCH3 is 1. The molecule has 2 N–H and O–H groups in total. The zero-order chi connectivity index (χ0) is 23.2. The summed E-state index contributed by atoms with van der Waals surface area (Å²) in [6.45, 7) is 0. The number of aromatic hydroxyl groups is 1. The Morgan fingerprint density at radius 1 is 0.970 bits per heavy atom. The van der Waals surface area contributed by atoms with Crippen molar-refractivity contribution in [3.63, 3.8) is 0 Å². The zero-order valence-electron chi connectivity index (χ0n) is 17.5. The van der Waals surface area contributed by atoms with Crippen LogP contribution in [0.2, 0.25) is 0 Å². The van der Waals surface area contributed by atoms with Gasteiger partial charge in [0, 0.05) is 16.7 Å². The predicted octanol–water partition coefficient (Wildman–Crippen LogP) is 4.88. The monoisotopic (exact) mass is 441 g/mol. The molecule has 0 unspecified atom stereocenters. The lowest BCUT2D eigenvalue weighted by Gasteiger charge is -2.08. The number of nitro groups is 1. The molecule has 0 aliphatic carbocycles. The number of hydrogen-bond donors (Lipinski definition) is 2. The first kappa shape index (κ1) is 21.4. The largest absolute Gasteiger partial charge is 0.502 e. The highest BCUT2D eigenvalue weighted by molar-refractivity contribution is 5.87. The standard InChI is InChI=1S/C24H19N5O4/c1-33-19-12-18(23(30)22(13-19)29(31)32)15-25-28-24-26-20(16-8-4-2-5-9-16)14-21(27-24)17-10-6-3-7-11-17/h2-15,30H,1H3,(H,26,27,28)/b25-15+. The van der Waals surface area contributed by atoms with Gasteiger partial charge in [0.2, 0.25) is 11.7 Å². The number of nitrogens with one attached hydrogen (secondary N) is 1. The molecule has 0 fully saturated rings. The van der Waals surface area contributed by atoms with Gasteiger partial charge in [0.1, 0.15) is 5.75 Å². The lowest BCUT2D eigenvalue weighted by atomic mass is 10.1. The number of rotatable bonds is 7. The van der Waals surface area contributed by atoms with Crippen LogP contribution in [-0.4, -0.2) is 33.3 Å². The predicted molar refractivity (Wildman–Crippen MR) is 125 cm³/mol. The fourth-order valence-electron chi connectivity index (χ4n) is 3.14. The van der Waals surface area contributed by atoms with E-state index in [4.69, 9.17) is 4.74 Å². The van der Waals surface area contributed by atoms with Gasteiger partial charge in [0.15, 0.2) is 0 Å². The minimum atomic E-state index is -0.693. The van der Waals surface area contributed by atoms with Crippen molar-refractivity contribution in [2.24, 2.45) is 5.10 Å². The smallest absolute Gasteiger partial charge is 0.315 e. The van der Waals surface area contributed by atoms with Gasteiger partial charge in [-0.2, -0.15) is 5.10 Å². The van der Waals surface area contributed by atoms with Crippen molar-refractivity contribution in [3.05, 3.63) is 94.5 Å². The van der Waals surface area contributed by atoms with Crippen LogP contribution in [-0.2, 0) is 0 Å². The van der Waals surface area contributed by atoms with Gasteiger partial charge in [0.25, 0.3) is 0 Å². The first-order valence-corrected chi connectivity index (χ1v) is 9.89. The normalized spacial score (nSPS) is 10.8. The van der Waals surface area contributed by atoms with E-state index in [2.05, 4.69) is 20.5 Å². The molecule has 1 heterocycles. The summed E-state index contributed by atoms with van der Waals surface area (Å²) in [7, 11) is 1.38. The van der Waals surface area contributed by atoms with E-state index in [0.29, 0.717) is 11.4 Å². The van der Waals surface area contributed by atoms with Gasteiger partial charge >= 0.3 is 5.69 Å². The topological polar surface area (TPSA) is 123 Å².